The molecule has 1 spiro atoms. The summed E-state index contributed by atoms with van der Waals surface area (Å²) in [5.41, 5.74) is 14.5. The van der Waals surface area contributed by atoms with Gasteiger partial charge in [0.1, 0.15) is 0 Å². The molecule has 0 aromatic heterocycles. The van der Waals surface area contributed by atoms with Gasteiger partial charge in [-0.3, -0.25) is 0 Å². The van der Waals surface area contributed by atoms with Crippen LogP contribution in [0.4, 0.5) is 0 Å². The third kappa shape index (κ3) is 3.30. The van der Waals surface area contributed by atoms with E-state index in [4.69, 9.17) is 0 Å². The molecule has 4 bridgehead atoms. The number of hydrogen-bond donors (Lipinski definition) is 0. The monoisotopic (exact) mass is 594 g/mol. The molecule has 6 aromatic carbocycles. The molecule has 45 heavy (non-hydrogen) atoms. The molecule has 0 unspecified atom stereocenters. The van der Waals surface area contributed by atoms with Gasteiger partial charge in [0, 0.05) is 20.6 Å². The second-order valence-corrected chi connectivity index (χ2v) is 15.6. The van der Waals surface area contributed by atoms with E-state index in [1.165, 1.54) is 97.2 Å². The number of benzene rings is 6. The second kappa shape index (κ2) is 9.02. The predicted octanol–water partition coefficient (Wildman–Crippen LogP) is 12.0. The molecule has 216 valence electrons. The molecule has 6 aromatic rings. The summed E-state index contributed by atoms with van der Waals surface area (Å²) >= 11 is 1.91. The standard InChI is InChI=1S/C44H34S/c1-2-10-34(33(9-1)29-16-18-41-38(24-29)37-12-5-7-28-8-6-14-42(45-41)43(28)37)30-15-17-36-35-11-3-4-13-39(35)44(40(36)25-30)31-20-26-19-27(22-31)23-32(44)21-26/h1-18,24-27,31-32H,19-23H2. The molecule has 0 N–H and O–H groups in total. The minimum Gasteiger partial charge on any atom is -0.0888 e. The largest absolute Gasteiger partial charge is 0.0888 e. The third-order valence-electron chi connectivity index (χ3n) is 12.5. The zero-order valence-electron chi connectivity index (χ0n) is 25.3. The van der Waals surface area contributed by atoms with E-state index in [2.05, 4.69) is 121 Å². The second-order valence-electron chi connectivity index (χ2n) is 14.5. The predicted molar refractivity (Wildman–Crippen MR) is 188 cm³/mol. The summed E-state index contributed by atoms with van der Waals surface area (Å²) in [5.74, 6) is 3.48. The highest BCUT2D eigenvalue weighted by molar-refractivity contribution is 7.99. The van der Waals surface area contributed by atoms with Crippen LogP contribution in [-0.2, 0) is 5.41 Å². The first-order valence-corrected chi connectivity index (χ1v) is 17.8. The van der Waals surface area contributed by atoms with Crippen LogP contribution in [0.3, 0.4) is 0 Å². The Morgan fingerprint density at radius 2 is 1.07 bits per heavy atom. The lowest BCUT2D eigenvalue weighted by Crippen LogP contribution is -2.55. The van der Waals surface area contributed by atoms with Gasteiger partial charge in [-0.2, -0.15) is 0 Å². The zero-order chi connectivity index (χ0) is 29.3. The molecule has 0 atom stereocenters. The molecule has 1 heteroatoms. The van der Waals surface area contributed by atoms with Crippen molar-refractivity contribution in [1.29, 1.82) is 0 Å². The van der Waals surface area contributed by atoms with Gasteiger partial charge >= 0.3 is 0 Å². The molecular formula is C44H34S. The van der Waals surface area contributed by atoms with Crippen LogP contribution < -0.4 is 0 Å². The minimum absolute atomic E-state index is 0.194. The Hall–Kier alpha value is -4.07. The zero-order valence-corrected chi connectivity index (χ0v) is 26.1. The Labute approximate surface area is 269 Å². The van der Waals surface area contributed by atoms with Gasteiger partial charge in [-0.1, -0.05) is 109 Å². The van der Waals surface area contributed by atoms with Gasteiger partial charge in [-0.15, -0.1) is 0 Å². The average Bonchev–Trinajstić information content (AvgIpc) is 3.37. The lowest BCUT2D eigenvalue weighted by atomic mass is 9.43. The van der Waals surface area contributed by atoms with Gasteiger partial charge in [-0.05, 0) is 141 Å². The van der Waals surface area contributed by atoms with E-state index in [0.29, 0.717) is 0 Å². The van der Waals surface area contributed by atoms with Crippen LogP contribution >= 0.6 is 11.8 Å². The summed E-state index contributed by atoms with van der Waals surface area (Å²) in [6, 6.07) is 46.7. The Morgan fingerprint density at radius 1 is 0.444 bits per heavy atom. The molecule has 4 saturated carbocycles. The fourth-order valence-corrected chi connectivity index (χ4v) is 12.2. The summed E-state index contributed by atoms with van der Waals surface area (Å²) < 4.78 is 0. The molecule has 4 fully saturated rings. The first-order chi connectivity index (χ1) is 22.3. The lowest BCUT2D eigenvalue weighted by molar-refractivity contribution is -0.0399. The highest BCUT2D eigenvalue weighted by Gasteiger charge is 2.61. The van der Waals surface area contributed by atoms with Crippen LogP contribution in [-0.4, -0.2) is 0 Å². The van der Waals surface area contributed by atoms with Crippen LogP contribution in [0.1, 0.15) is 43.2 Å². The van der Waals surface area contributed by atoms with Crippen molar-refractivity contribution in [3.63, 3.8) is 0 Å². The van der Waals surface area contributed by atoms with Crippen LogP contribution in [0, 0.1) is 23.7 Å². The van der Waals surface area contributed by atoms with E-state index < -0.39 is 0 Å². The van der Waals surface area contributed by atoms with Crippen molar-refractivity contribution in [2.75, 3.05) is 0 Å². The van der Waals surface area contributed by atoms with Crippen molar-refractivity contribution >= 4 is 22.5 Å². The van der Waals surface area contributed by atoms with Crippen molar-refractivity contribution < 1.29 is 0 Å². The summed E-state index contributed by atoms with van der Waals surface area (Å²) in [6.07, 6.45) is 7.18. The summed E-state index contributed by atoms with van der Waals surface area (Å²) in [7, 11) is 0. The number of hydrogen-bond acceptors (Lipinski definition) is 1. The Bertz CT molecular complexity index is 2190. The number of fused-ring (bicyclic) bond motifs is 5. The van der Waals surface area contributed by atoms with Crippen molar-refractivity contribution in [3.05, 3.63) is 132 Å². The highest BCUT2D eigenvalue weighted by Crippen LogP contribution is 2.69. The first kappa shape index (κ1) is 25.2. The quantitative estimate of drug-likeness (QED) is 0.192. The Morgan fingerprint density at radius 3 is 1.84 bits per heavy atom. The van der Waals surface area contributed by atoms with Crippen LogP contribution in [0.15, 0.2) is 131 Å². The van der Waals surface area contributed by atoms with Crippen molar-refractivity contribution in [3.8, 4) is 44.5 Å². The lowest BCUT2D eigenvalue weighted by Gasteiger charge is -2.61. The maximum atomic E-state index is 2.64. The van der Waals surface area contributed by atoms with E-state index in [-0.39, 0.29) is 5.41 Å². The van der Waals surface area contributed by atoms with E-state index in [0.717, 1.165) is 23.7 Å². The number of rotatable bonds is 2. The maximum absolute atomic E-state index is 2.64. The smallest absolute Gasteiger partial charge is 0.0272 e. The van der Waals surface area contributed by atoms with Gasteiger partial charge in [0.2, 0.25) is 0 Å². The van der Waals surface area contributed by atoms with Gasteiger partial charge in [0.15, 0.2) is 0 Å². The third-order valence-corrected chi connectivity index (χ3v) is 13.6. The van der Waals surface area contributed by atoms with Gasteiger partial charge < -0.3 is 0 Å². The average molecular weight is 595 g/mol. The van der Waals surface area contributed by atoms with Crippen molar-refractivity contribution in [2.45, 2.75) is 47.3 Å². The fourth-order valence-electron chi connectivity index (χ4n) is 11.0. The van der Waals surface area contributed by atoms with Crippen LogP contribution in [0.25, 0.3) is 55.3 Å². The van der Waals surface area contributed by atoms with Gasteiger partial charge in [-0.25, -0.2) is 0 Å². The Balaban J connectivity index is 1.08. The SMILES string of the molecule is c1ccc(-c2ccc3c(c2)C2(c4ccccc4-3)C3CC4CC(C3)CC2C4)c(-c2ccc3c(c2)-c2cccc4cccc(c24)S3)c1. The molecule has 12 rings (SSSR count). The minimum atomic E-state index is 0.194. The molecule has 0 amide bonds. The fraction of sp³-hybridized carbons (Fsp3) is 0.227. The van der Waals surface area contributed by atoms with E-state index >= 15 is 0 Å². The Kier molecular flexibility index (Phi) is 5.04. The van der Waals surface area contributed by atoms with Crippen molar-refractivity contribution in [1.82, 2.24) is 0 Å². The normalized spacial score (nSPS) is 26.2. The van der Waals surface area contributed by atoms with Crippen LogP contribution in [0.5, 0.6) is 0 Å². The summed E-state index contributed by atoms with van der Waals surface area (Å²) in [5, 5.41) is 2.72. The summed E-state index contributed by atoms with van der Waals surface area (Å²) in [6.45, 7) is 0. The maximum Gasteiger partial charge on any atom is 0.0272 e. The summed E-state index contributed by atoms with van der Waals surface area (Å²) in [4.78, 5) is 2.71. The van der Waals surface area contributed by atoms with Gasteiger partial charge in [0.25, 0.3) is 0 Å². The van der Waals surface area contributed by atoms with Crippen LogP contribution in [0.2, 0.25) is 0 Å². The highest BCUT2D eigenvalue weighted by atomic mass is 32.2. The molecule has 1 heterocycles. The first-order valence-electron chi connectivity index (χ1n) is 16.9. The molecule has 5 aliphatic carbocycles. The molecule has 0 saturated heterocycles. The van der Waals surface area contributed by atoms with E-state index in [1.54, 1.807) is 11.1 Å². The van der Waals surface area contributed by atoms with E-state index in [9.17, 15) is 0 Å². The van der Waals surface area contributed by atoms with Crippen molar-refractivity contribution in [2.24, 2.45) is 23.7 Å². The van der Waals surface area contributed by atoms with E-state index in [1.807, 2.05) is 11.8 Å². The molecular weight excluding hydrogens is 561 g/mol. The van der Waals surface area contributed by atoms with Gasteiger partial charge in [0.05, 0.1) is 0 Å². The molecule has 6 aliphatic rings. The molecule has 1 aliphatic heterocycles. The topological polar surface area (TPSA) is 0 Å². The molecule has 0 radical (unpaired) electrons. The molecule has 0 nitrogen and oxygen atoms in total.